The third-order valence-corrected chi connectivity index (χ3v) is 4.21. The maximum atomic E-state index is 12.5. The van der Waals surface area contributed by atoms with Crippen LogP contribution in [0, 0.1) is 0 Å². The van der Waals surface area contributed by atoms with Gasteiger partial charge in [-0.1, -0.05) is 60.7 Å². The summed E-state index contributed by atoms with van der Waals surface area (Å²) < 4.78 is 10.2. The Morgan fingerprint density at radius 3 is 2.13 bits per heavy atom. The summed E-state index contributed by atoms with van der Waals surface area (Å²) in [5, 5.41) is 5.42. The lowest BCUT2D eigenvalue weighted by Gasteiger charge is -2.12. The molecule has 0 saturated heterocycles. The Morgan fingerprint density at radius 2 is 1.39 bits per heavy atom. The third-order valence-electron chi connectivity index (χ3n) is 4.21. The van der Waals surface area contributed by atoms with Crippen LogP contribution < -0.4 is 15.4 Å². The van der Waals surface area contributed by atoms with E-state index >= 15 is 0 Å². The smallest absolute Gasteiger partial charge is 0.344 e. The maximum Gasteiger partial charge on any atom is 0.344 e. The van der Waals surface area contributed by atoms with Gasteiger partial charge in [-0.25, -0.2) is 4.79 Å². The Balaban J connectivity index is 1.48. The summed E-state index contributed by atoms with van der Waals surface area (Å²) in [6.07, 6.45) is 0. The van der Waals surface area contributed by atoms with E-state index in [0.717, 1.165) is 5.56 Å². The molecule has 2 amide bonds. The van der Waals surface area contributed by atoms with E-state index < -0.39 is 18.5 Å². The highest BCUT2D eigenvalue weighted by atomic mass is 16.6. The molecule has 0 fully saturated rings. The molecule has 0 atom stereocenters. The average Bonchev–Trinajstić information content (AvgIpc) is 2.81. The van der Waals surface area contributed by atoms with Crippen molar-refractivity contribution in [1.82, 2.24) is 5.32 Å². The van der Waals surface area contributed by atoms with Crippen molar-refractivity contribution in [3.05, 3.63) is 96.1 Å². The summed E-state index contributed by atoms with van der Waals surface area (Å²) in [5.41, 5.74) is 1.60. The van der Waals surface area contributed by atoms with E-state index in [2.05, 4.69) is 10.6 Å². The summed E-state index contributed by atoms with van der Waals surface area (Å²) in [5.74, 6) is -1.03. The molecule has 31 heavy (non-hydrogen) atoms. The highest BCUT2D eigenvalue weighted by Gasteiger charge is 2.14. The van der Waals surface area contributed by atoms with Crippen LogP contribution in [0.1, 0.15) is 15.9 Å². The first-order valence-electron chi connectivity index (χ1n) is 9.66. The van der Waals surface area contributed by atoms with Crippen LogP contribution in [-0.4, -0.2) is 31.0 Å². The molecular formula is C24H22N2O5. The predicted octanol–water partition coefficient (Wildman–Crippen LogP) is 3.18. The molecule has 0 saturated carbocycles. The van der Waals surface area contributed by atoms with Gasteiger partial charge >= 0.3 is 5.97 Å². The van der Waals surface area contributed by atoms with Gasteiger partial charge in [0, 0.05) is 6.54 Å². The molecule has 0 radical (unpaired) electrons. The Bertz CT molecular complexity index is 1020. The van der Waals surface area contributed by atoms with Gasteiger partial charge in [0.05, 0.1) is 11.3 Å². The molecule has 0 unspecified atom stereocenters. The number of ether oxygens (including phenoxy) is 2. The van der Waals surface area contributed by atoms with E-state index in [0.29, 0.717) is 23.5 Å². The lowest BCUT2D eigenvalue weighted by atomic mass is 10.1. The molecule has 0 spiro atoms. The number of esters is 1. The first kappa shape index (κ1) is 21.6. The van der Waals surface area contributed by atoms with Gasteiger partial charge in [-0.2, -0.15) is 0 Å². The largest absolute Gasteiger partial charge is 0.482 e. The van der Waals surface area contributed by atoms with Crippen LogP contribution in [0.3, 0.4) is 0 Å². The predicted molar refractivity (Wildman–Crippen MR) is 116 cm³/mol. The van der Waals surface area contributed by atoms with Gasteiger partial charge in [-0.15, -0.1) is 0 Å². The van der Waals surface area contributed by atoms with Gasteiger partial charge in [0.15, 0.2) is 13.2 Å². The van der Waals surface area contributed by atoms with Crippen LogP contribution in [0.5, 0.6) is 5.75 Å². The minimum atomic E-state index is -0.673. The van der Waals surface area contributed by atoms with Crippen molar-refractivity contribution in [1.29, 1.82) is 0 Å². The zero-order valence-electron chi connectivity index (χ0n) is 16.7. The standard InChI is InChI=1S/C24H22N2O5/c27-22(16-31-23(28)17-30-19-11-5-2-6-12-19)26-21-14-8-7-13-20(21)24(29)25-15-18-9-3-1-4-10-18/h1-14H,15-17H2,(H,25,29)(H,26,27). The molecule has 158 valence electrons. The molecule has 0 bridgehead atoms. The van der Waals surface area contributed by atoms with Crippen LogP contribution >= 0.6 is 0 Å². The molecule has 3 aromatic rings. The topological polar surface area (TPSA) is 93.7 Å². The fourth-order valence-corrected chi connectivity index (χ4v) is 2.70. The van der Waals surface area contributed by atoms with E-state index in [-0.39, 0.29) is 12.5 Å². The molecule has 0 aliphatic rings. The number of nitrogens with one attached hydrogen (secondary N) is 2. The Kier molecular flexibility index (Phi) is 7.77. The highest BCUT2D eigenvalue weighted by molar-refractivity contribution is 6.04. The number of hydrogen-bond acceptors (Lipinski definition) is 5. The third kappa shape index (κ3) is 7.01. The molecule has 7 heteroatoms. The van der Waals surface area contributed by atoms with E-state index in [1.807, 2.05) is 36.4 Å². The zero-order valence-corrected chi connectivity index (χ0v) is 16.7. The minimum absolute atomic E-state index is 0.310. The molecule has 0 aliphatic carbocycles. The van der Waals surface area contributed by atoms with Crippen LogP contribution in [0.25, 0.3) is 0 Å². The average molecular weight is 418 g/mol. The molecule has 0 heterocycles. The summed E-state index contributed by atoms with van der Waals surface area (Å²) in [7, 11) is 0. The van der Waals surface area contributed by atoms with Crippen molar-refractivity contribution >= 4 is 23.5 Å². The number of carbonyl (C=O) groups excluding carboxylic acids is 3. The van der Waals surface area contributed by atoms with Crippen LogP contribution in [0.2, 0.25) is 0 Å². The van der Waals surface area contributed by atoms with Crippen molar-refractivity contribution in [2.24, 2.45) is 0 Å². The molecule has 0 aliphatic heterocycles. The van der Waals surface area contributed by atoms with Crippen LogP contribution in [0.4, 0.5) is 5.69 Å². The van der Waals surface area contributed by atoms with Gasteiger partial charge in [0.2, 0.25) is 0 Å². The Labute approximate surface area is 180 Å². The first-order valence-corrected chi connectivity index (χ1v) is 9.66. The molecule has 2 N–H and O–H groups in total. The quantitative estimate of drug-likeness (QED) is 0.521. The zero-order chi connectivity index (χ0) is 21.9. The minimum Gasteiger partial charge on any atom is -0.482 e. The van der Waals surface area contributed by atoms with Gasteiger partial charge in [-0.05, 0) is 29.8 Å². The number of rotatable bonds is 9. The number of carbonyl (C=O) groups is 3. The van der Waals surface area contributed by atoms with Crippen molar-refractivity contribution in [2.45, 2.75) is 6.54 Å². The fraction of sp³-hybridized carbons (Fsp3) is 0.125. The molecule has 3 aromatic carbocycles. The van der Waals surface area contributed by atoms with Crippen molar-refractivity contribution in [3.8, 4) is 5.75 Å². The second-order valence-electron chi connectivity index (χ2n) is 6.52. The van der Waals surface area contributed by atoms with E-state index in [1.165, 1.54) is 0 Å². The molecular weight excluding hydrogens is 396 g/mol. The lowest BCUT2D eigenvalue weighted by molar-refractivity contribution is -0.149. The summed E-state index contributed by atoms with van der Waals surface area (Å²) in [4.78, 5) is 36.5. The van der Waals surface area contributed by atoms with Crippen LogP contribution in [0.15, 0.2) is 84.9 Å². The van der Waals surface area contributed by atoms with E-state index in [4.69, 9.17) is 9.47 Å². The molecule has 0 aromatic heterocycles. The van der Waals surface area contributed by atoms with Crippen molar-refractivity contribution in [2.75, 3.05) is 18.5 Å². The van der Waals surface area contributed by atoms with Crippen LogP contribution in [-0.2, 0) is 20.9 Å². The molecule has 3 rings (SSSR count). The Hall–Kier alpha value is -4.13. The second-order valence-corrected chi connectivity index (χ2v) is 6.52. The van der Waals surface area contributed by atoms with E-state index in [9.17, 15) is 14.4 Å². The number of anilines is 1. The lowest BCUT2D eigenvalue weighted by Crippen LogP contribution is -2.27. The monoisotopic (exact) mass is 418 g/mol. The second kappa shape index (κ2) is 11.2. The van der Waals surface area contributed by atoms with Crippen molar-refractivity contribution < 1.29 is 23.9 Å². The van der Waals surface area contributed by atoms with Crippen molar-refractivity contribution in [3.63, 3.8) is 0 Å². The fourth-order valence-electron chi connectivity index (χ4n) is 2.70. The normalized spacial score (nSPS) is 10.1. The maximum absolute atomic E-state index is 12.5. The van der Waals surface area contributed by atoms with Gasteiger partial charge in [-0.3, -0.25) is 9.59 Å². The summed E-state index contributed by atoms with van der Waals surface area (Å²) >= 11 is 0. The number of para-hydroxylation sites is 2. The molecule has 7 nitrogen and oxygen atoms in total. The Morgan fingerprint density at radius 1 is 0.742 bits per heavy atom. The highest BCUT2D eigenvalue weighted by Crippen LogP contribution is 2.15. The number of benzene rings is 3. The number of hydrogen-bond donors (Lipinski definition) is 2. The first-order chi connectivity index (χ1) is 15.1. The summed E-state index contributed by atoms with van der Waals surface area (Å²) in [6, 6.07) is 24.9. The van der Waals surface area contributed by atoms with Gasteiger partial charge in [0.25, 0.3) is 11.8 Å². The van der Waals surface area contributed by atoms with Gasteiger partial charge < -0.3 is 20.1 Å². The van der Waals surface area contributed by atoms with Gasteiger partial charge in [0.1, 0.15) is 5.75 Å². The summed E-state index contributed by atoms with van der Waals surface area (Å²) in [6.45, 7) is -0.437. The van der Waals surface area contributed by atoms with E-state index in [1.54, 1.807) is 48.5 Å². The number of amides is 2. The SMILES string of the molecule is O=C(COC(=O)COc1ccccc1)Nc1ccccc1C(=O)NCc1ccccc1.